The van der Waals surface area contributed by atoms with Crippen LogP contribution in [0.1, 0.15) is 70.8 Å². The number of ether oxygens (including phenoxy) is 3. The lowest BCUT2D eigenvalue weighted by atomic mass is 10.0. The van der Waals surface area contributed by atoms with E-state index < -0.39 is 18.0 Å². The number of carbonyl (C=O) groups is 2. The normalized spacial score (nSPS) is 12.1. The Hall–Kier alpha value is -2.82. The zero-order valence-corrected chi connectivity index (χ0v) is 20.3. The van der Waals surface area contributed by atoms with Crippen LogP contribution in [0.25, 0.3) is 0 Å². The second-order valence-corrected chi connectivity index (χ2v) is 8.00. The first-order valence-electron chi connectivity index (χ1n) is 11.9. The van der Waals surface area contributed by atoms with Crippen LogP contribution in [0.4, 0.5) is 0 Å². The Balaban J connectivity index is 2.22. The van der Waals surface area contributed by atoms with Gasteiger partial charge in [0.05, 0.1) is 0 Å². The standard InChI is InChI=1S/C28H40O5/c1-4-5-6-7-8-9-10-11-12-13-14-15-16-18-26-19-17-20-27(21-26)32-23-28(33-25(3)30)22-31-24(2)29/h4,6-7,9-10,17,19-21,28H,1,5,8,11-16,18,22-23H2,2-3H3/b7-6-,10-9-. The molecule has 5 nitrogen and oxygen atoms in total. The van der Waals surface area contributed by atoms with Crippen molar-refractivity contribution in [3.05, 3.63) is 66.8 Å². The van der Waals surface area contributed by atoms with Gasteiger partial charge in [-0.25, -0.2) is 0 Å². The van der Waals surface area contributed by atoms with Gasteiger partial charge in [-0.05, 0) is 56.2 Å². The Bertz CT molecular complexity index is 750. The molecule has 0 heterocycles. The van der Waals surface area contributed by atoms with E-state index in [1.165, 1.54) is 45.1 Å². The molecule has 0 saturated heterocycles. The van der Waals surface area contributed by atoms with Gasteiger partial charge < -0.3 is 14.2 Å². The molecule has 0 radical (unpaired) electrons. The molecule has 0 spiro atoms. The summed E-state index contributed by atoms with van der Waals surface area (Å²) in [6, 6.07) is 7.97. The second-order valence-electron chi connectivity index (χ2n) is 8.00. The number of rotatable bonds is 18. The Morgan fingerprint density at radius 2 is 1.64 bits per heavy atom. The predicted octanol–water partition coefficient (Wildman–Crippen LogP) is 6.52. The number of benzene rings is 1. The number of hydrogen-bond acceptors (Lipinski definition) is 5. The third-order valence-corrected chi connectivity index (χ3v) is 4.88. The number of aryl methyl sites for hydroxylation is 1. The lowest BCUT2D eigenvalue weighted by Crippen LogP contribution is -2.29. The maximum absolute atomic E-state index is 11.2. The van der Waals surface area contributed by atoms with Crippen LogP contribution in [0.15, 0.2) is 61.2 Å². The van der Waals surface area contributed by atoms with Crippen LogP contribution in [0.3, 0.4) is 0 Å². The van der Waals surface area contributed by atoms with Crippen molar-refractivity contribution in [2.75, 3.05) is 13.2 Å². The summed E-state index contributed by atoms with van der Waals surface area (Å²) in [6.07, 6.45) is 20.4. The molecule has 5 heteroatoms. The van der Waals surface area contributed by atoms with E-state index in [0.717, 1.165) is 37.9 Å². The smallest absolute Gasteiger partial charge is 0.303 e. The Labute approximate surface area is 199 Å². The molecule has 0 N–H and O–H groups in total. The van der Waals surface area contributed by atoms with E-state index in [1.54, 1.807) is 0 Å². The van der Waals surface area contributed by atoms with Crippen molar-refractivity contribution in [1.29, 1.82) is 0 Å². The summed E-state index contributed by atoms with van der Waals surface area (Å²) in [6.45, 7) is 6.46. The number of carbonyl (C=O) groups excluding carboxylic acids is 2. The third-order valence-electron chi connectivity index (χ3n) is 4.88. The van der Waals surface area contributed by atoms with Crippen molar-refractivity contribution in [3.8, 4) is 5.75 Å². The molecule has 0 fully saturated rings. The molecule has 0 aliphatic carbocycles. The van der Waals surface area contributed by atoms with Crippen molar-refractivity contribution in [2.45, 2.75) is 77.7 Å². The highest BCUT2D eigenvalue weighted by atomic mass is 16.6. The van der Waals surface area contributed by atoms with Crippen molar-refractivity contribution in [1.82, 2.24) is 0 Å². The number of hydrogen-bond donors (Lipinski definition) is 0. The van der Waals surface area contributed by atoms with Gasteiger partial charge in [-0.3, -0.25) is 9.59 Å². The van der Waals surface area contributed by atoms with Crippen LogP contribution < -0.4 is 4.74 Å². The number of allylic oxidation sites excluding steroid dienone is 5. The molecule has 1 unspecified atom stereocenters. The first-order valence-corrected chi connectivity index (χ1v) is 11.9. The maximum Gasteiger partial charge on any atom is 0.303 e. The molecule has 0 aromatic heterocycles. The van der Waals surface area contributed by atoms with Crippen LogP contribution in [0.5, 0.6) is 5.75 Å². The average Bonchev–Trinajstić information content (AvgIpc) is 2.78. The van der Waals surface area contributed by atoms with Gasteiger partial charge in [-0.1, -0.05) is 61.8 Å². The molecule has 1 aromatic rings. The molecular weight excluding hydrogens is 416 g/mol. The lowest BCUT2D eigenvalue weighted by Gasteiger charge is -2.17. The fraction of sp³-hybridized carbons (Fsp3) is 0.500. The Kier molecular flexibility index (Phi) is 16.0. The van der Waals surface area contributed by atoms with Gasteiger partial charge in [0.2, 0.25) is 0 Å². The number of unbranched alkanes of at least 4 members (excludes halogenated alkanes) is 5. The van der Waals surface area contributed by atoms with Crippen molar-refractivity contribution in [3.63, 3.8) is 0 Å². The fourth-order valence-electron chi connectivity index (χ4n) is 3.24. The summed E-state index contributed by atoms with van der Waals surface area (Å²) in [5.41, 5.74) is 1.23. The summed E-state index contributed by atoms with van der Waals surface area (Å²) in [5, 5.41) is 0. The number of esters is 2. The van der Waals surface area contributed by atoms with Crippen LogP contribution in [-0.4, -0.2) is 31.3 Å². The van der Waals surface area contributed by atoms with Gasteiger partial charge in [0.15, 0.2) is 6.10 Å². The van der Waals surface area contributed by atoms with E-state index in [-0.39, 0.29) is 13.2 Å². The molecule has 0 bridgehead atoms. The Morgan fingerprint density at radius 1 is 0.909 bits per heavy atom. The Morgan fingerprint density at radius 3 is 2.39 bits per heavy atom. The minimum Gasteiger partial charge on any atom is -0.490 e. The minimum absolute atomic E-state index is 0.0167. The molecule has 1 atom stereocenters. The summed E-state index contributed by atoms with van der Waals surface area (Å²) in [5.74, 6) is -0.131. The zero-order chi connectivity index (χ0) is 24.2. The SMILES string of the molecule is C=CC/C=C\C/C=C\CCCCCCCc1cccc(OCC(COC(C)=O)OC(C)=O)c1. The summed E-state index contributed by atoms with van der Waals surface area (Å²) in [7, 11) is 0. The van der Waals surface area contributed by atoms with Crippen LogP contribution >= 0.6 is 0 Å². The molecule has 33 heavy (non-hydrogen) atoms. The zero-order valence-electron chi connectivity index (χ0n) is 20.3. The molecular formula is C28H40O5. The van der Waals surface area contributed by atoms with Crippen LogP contribution in [0.2, 0.25) is 0 Å². The highest BCUT2D eigenvalue weighted by Gasteiger charge is 2.15. The lowest BCUT2D eigenvalue weighted by molar-refractivity contribution is -0.158. The van der Waals surface area contributed by atoms with Gasteiger partial charge in [0.25, 0.3) is 0 Å². The first-order chi connectivity index (χ1) is 16.0. The molecule has 1 rings (SSSR count). The van der Waals surface area contributed by atoms with E-state index in [1.807, 2.05) is 24.3 Å². The summed E-state index contributed by atoms with van der Waals surface area (Å²) in [4.78, 5) is 22.2. The highest BCUT2D eigenvalue weighted by molar-refractivity contribution is 5.67. The highest BCUT2D eigenvalue weighted by Crippen LogP contribution is 2.17. The summed E-state index contributed by atoms with van der Waals surface area (Å²) < 4.78 is 15.9. The third kappa shape index (κ3) is 16.5. The maximum atomic E-state index is 11.2. The largest absolute Gasteiger partial charge is 0.490 e. The van der Waals surface area contributed by atoms with Gasteiger partial charge >= 0.3 is 11.9 Å². The first kappa shape index (κ1) is 28.2. The molecule has 0 aliphatic heterocycles. The van der Waals surface area contributed by atoms with Gasteiger partial charge in [-0.15, -0.1) is 6.58 Å². The van der Waals surface area contributed by atoms with Gasteiger partial charge in [0, 0.05) is 13.8 Å². The van der Waals surface area contributed by atoms with Crippen molar-refractivity contribution < 1.29 is 23.8 Å². The molecule has 0 saturated carbocycles. The summed E-state index contributed by atoms with van der Waals surface area (Å²) >= 11 is 0. The predicted molar refractivity (Wildman–Crippen MR) is 133 cm³/mol. The van der Waals surface area contributed by atoms with Gasteiger partial charge in [-0.2, -0.15) is 0 Å². The monoisotopic (exact) mass is 456 g/mol. The molecule has 0 aliphatic rings. The van der Waals surface area contributed by atoms with E-state index >= 15 is 0 Å². The quantitative estimate of drug-likeness (QED) is 0.143. The topological polar surface area (TPSA) is 61.8 Å². The second kappa shape index (κ2) is 18.7. The van der Waals surface area contributed by atoms with Crippen LogP contribution in [0, 0.1) is 0 Å². The average molecular weight is 457 g/mol. The van der Waals surface area contributed by atoms with E-state index in [9.17, 15) is 9.59 Å². The van der Waals surface area contributed by atoms with Crippen molar-refractivity contribution >= 4 is 11.9 Å². The van der Waals surface area contributed by atoms with Crippen LogP contribution in [-0.2, 0) is 25.5 Å². The molecule has 1 aromatic carbocycles. The molecule has 0 amide bonds. The minimum atomic E-state index is -0.626. The van der Waals surface area contributed by atoms with E-state index in [2.05, 4.69) is 36.9 Å². The van der Waals surface area contributed by atoms with Gasteiger partial charge in [0.1, 0.15) is 19.0 Å². The molecule has 182 valence electrons. The van der Waals surface area contributed by atoms with E-state index in [0.29, 0.717) is 0 Å². The van der Waals surface area contributed by atoms with E-state index in [4.69, 9.17) is 14.2 Å². The van der Waals surface area contributed by atoms with Crippen molar-refractivity contribution in [2.24, 2.45) is 0 Å². The fourth-order valence-corrected chi connectivity index (χ4v) is 3.24.